The van der Waals surface area contributed by atoms with Crippen LogP contribution in [-0.2, 0) is 16.0 Å². The summed E-state index contributed by atoms with van der Waals surface area (Å²) >= 11 is 0. The van der Waals surface area contributed by atoms with E-state index in [0.717, 1.165) is 0 Å². The van der Waals surface area contributed by atoms with Crippen molar-refractivity contribution in [2.45, 2.75) is 12.6 Å². The van der Waals surface area contributed by atoms with Gasteiger partial charge in [0.25, 0.3) is 0 Å². The minimum atomic E-state index is -4.49. The third-order valence-corrected chi connectivity index (χ3v) is 1.70. The van der Waals surface area contributed by atoms with E-state index in [0.29, 0.717) is 11.3 Å². The molecule has 2 N–H and O–H groups in total. The highest BCUT2D eigenvalue weighted by Crippen LogP contribution is 2.15. The molecule has 0 atom stereocenters. The molecule has 0 aliphatic heterocycles. The zero-order chi connectivity index (χ0) is 12.2. The third kappa shape index (κ3) is 4.68. The molecular weight excluding hydrogens is 223 g/mol. The van der Waals surface area contributed by atoms with Gasteiger partial charge in [-0.2, -0.15) is 13.2 Å². The number of ether oxygens (including phenoxy) is 1. The van der Waals surface area contributed by atoms with Gasteiger partial charge in [-0.05, 0) is 17.7 Å². The quantitative estimate of drug-likeness (QED) is 0.641. The van der Waals surface area contributed by atoms with E-state index in [4.69, 9.17) is 5.73 Å². The van der Waals surface area contributed by atoms with E-state index in [9.17, 15) is 18.0 Å². The van der Waals surface area contributed by atoms with Crippen LogP contribution < -0.4 is 5.73 Å². The van der Waals surface area contributed by atoms with Gasteiger partial charge in [0, 0.05) is 5.69 Å². The van der Waals surface area contributed by atoms with Gasteiger partial charge in [0.15, 0.2) is 6.61 Å². The number of hydrogen-bond acceptors (Lipinski definition) is 3. The molecule has 1 aromatic rings. The van der Waals surface area contributed by atoms with E-state index >= 15 is 0 Å². The molecule has 0 saturated carbocycles. The molecule has 0 fully saturated rings. The number of benzene rings is 1. The van der Waals surface area contributed by atoms with Crippen molar-refractivity contribution in [1.82, 2.24) is 0 Å². The Morgan fingerprint density at radius 2 is 2.06 bits per heavy atom. The molecule has 0 heterocycles. The van der Waals surface area contributed by atoms with Gasteiger partial charge in [-0.25, -0.2) is 0 Å². The Balaban J connectivity index is 2.46. The second-order valence-corrected chi connectivity index (χ2v) is 3.20. The normalized spacial score (nSPS) is 11.2. The Morgan fingerprint density at radius 1 is 1.38 bits per heavy atom. The zero-order valence-electron chi connectivity index (χ0n) is 8.25. The van der Waals surface area contributed by atoms with Crippen LogP contribution in [-0.4, -0.2) is 18.8 Å². The molecule has 1 aromatic carbocycles. The summed E-state index contributed by atoms with van der Waals surface area (Å²) in [5, 5.41) is 0. The van der Waals surface area contributed by atoms with Crippen LogP contribution in [0.25, 0.3) is 0 Å². The first-order valence-corrected chi connectivity index (χ1v) is 4.43. The first-order chi connectivity index (χ1) is 7.37. The van der Waals surface area contributed by atoms with E-state index in [1.807, 2.05) is 0 Å². The fraction of sp³-hybridized carbons (Fsp3) is 0.300. The molecule has 3 nitrogen and oxygen atoms in total. The van der Waals surface area contributed by atoms with Crippen molar-refractivity contribution < 1.29 is 22.7 Å². The summed E-state index contributed by atoms with van der Waals surface area (Å²) in [6, 6.07) is 6.33. The van der Waals surface area contributed by atoms with Gasteiger partial charge in [0.1, 0.15) is 0 Å². The number of carbonyl (C=O) groups is 1. The lowest BCUT2D eigenvalue weighted by Gasteiger charge is -2.07. The number of halogens is 3. The predicted molar refractivity (Wildman–Crippen MR) is 51.6 cm³/mol. The topological polar surface area (TPSA) is 52.3 Å². The van der Waals surface area contributed by atoms with Crippen molar-refractivity contribution in [1.29, 1.82) is 0 Å². The summed E-state index contributed by atoms with van der Waals surface area (Å²) < 4.78 is 39.2. The molecule has 0 unspecified atom stereocenters. The third-order valence-electron chi connectivity index (χ3n) is 1.70. The fourth-order valence-electron chi connectivity index (χ4n) is 1.08. The van der Waals surface area contributed by atoms with Crippen LogP contribution >= 0.6 is 0 Å². The highest BCUT2D eigenvalue weighted by atomic mass is 19.4. The fourth-order valence-corrected chi connectivity index (χ4v) is 1.08. The number of nitrogens with two attached hydrogens (primary N) is 1. The molecule has 0 saturated heterocycles. The first-order valence-electron chi connectivity index (χ1n) is 4.43. The number of nitrogen functional groups attached to an aromatic ring is 1. The van der Waals surface area contributed by atoms with Crippen LogP contribution in [0.3, 0.4) is 0 Å². The number of alkyl halides is 3. The molecule has 0 aliphatic rings. The van der Waals surface area contributed by atoms with Crippen molar-refractivity contribution >= 4 is 11.7 Å². The van der Waals surface area contributed by atoms with Crippen molar-refractivity contribution in [3.8, 4) is 0 Å². The standard InChI is InChI=1S/C10H10F3NO2/c11-10(12,13)6-16-9(15)5-7-2-1-3-8(14)4-7/h1-4H,5-6,14H2. The molecule has 1 rings (SSSR count). The molecule has 0 aromatic heterocycles. The van der Waals surface area contributed by atoms with Crippen molar-refractivity contribution in [3.63, 3.8) is 0 Å². The molecule has 0 aliphatic carbocycles. The van der Waals surface area contributed by atoms with Gasteiger partial charge in [0.05, 0.1) is 6.42 Å². The maximum Gasteiger partial charge on any atom is 0.422 e. The highest BCUT2D eigenvalue weighted by Gasteiger charge is 2.29. The lowest BCUT2D eigenvalue weighted by molar-refractivity contribution is -0.185. The second-order valence-electron chi connectivity index (χ2n) is 3.20. The van der Waals surface area contributed by atoms with Gasteiger partial charge in [-0.15, -0.1) is 0 Å². The Kier molecular flexibility index (Phi) is 3.76. The van der Waals surface area contributed by atoms with Crippen LogP contribution in [0, 0.1) is 0 Å². The summed E-state index contributed by atoms with van der Waals surface area (Å²) in [6.45, 7) is -1.56. The summed E-state index contributed by atoms with van der Waals surface area (Å²) in [5.41, 5.74) is 6.41. The average molecular weight is 233 g/mol. The first kappa shape index (κ1) is 12.4. The van der Waals surface area contributed by atoms with E-state index in [-0.39, 0.29) is 6.42 Å². The minimum absolute atomic E-state index is 0.221. The van der Waals surface area contributed by atoms with Gasteiger partial charge >= 0.3 is 12.1 Å². The SMILES string of the molecule is Nc1cccc(CC(=O)OCC(F)(F)F)c1. The molecule has 0 radical (unpaired) electrons. The summed E-state index contributed by atoms with van der Waals surface area (Å²) in [4.78, 5) is 11.0. The summed E-state index contributed by atoms with van der Waals surface area (Å²) in [5.74, 6) is -0.928. The van der Waals surface area contributed by atoms with Crippen molar-refractivity contribution in [2.75, 3.05) is 12.3 Å². The highest BCUT2D eigenvalue weighted by molar-refractivity contribution is 5.73. The molecule has 16 heavy (non-hydrogen) atoms. The lowest BCUT2D eigenvalue weighted by atomic mass is 10.1. The Bertz CT molecular complexity index is 377. The van der Waals surface area contributed by atoms with Gasteiger partial charge in [0.2, 0.25) is 0 Å². The van der Waals surface area contributed by atoms with Crippen LogP contribution in [0.5, 0.6) is 0 Å². The monoisotopic (exact) mass is 233 g/mol. The van der Waals surface area contributed by atoms with E-state index < -0.39 is 18.8 Å². The zero-order valence-corrected chi connectivity index (χ0v) is 8.25. The maximum atomic E-state index is 11.7. The van der Waals surface area contributed by atoms with Crippen molar-refractivity contribution in [2.24, 2.45) is 0 Å². The number of carbonyl (C=O) groups excluding carboxylic acids is 1. The van der Waals surface area contributed by atoms with Gasteiger partial charge in [-0.1, -0.05) is 12.1 Å². The summed E-state index contributed by atoms with van der Waals surface area (Å²) in [6.07, 6.45) is -4.72. The Morgan fingerprint density at radius 3 is 2.62 bits per heavy atom. The van der Waals surface area contributed by atoms with Crippen LogP contribution in [0.1, 0.15) is 5.56 Å². The molecule has 88 valence electrons. The molecular formula is C10H10F3NO2. The second kappa shape index (κ2) is 4.87. The van der Waals surface area contributed by atoms with Crippen LogP contribution in [0.2, 0.25) is 0 Å². The van der Waals surface area contributed by atoms with Crippen molar-refractivity contribution in [3.05, 3.63) is 29.8 Å². The predicted octanol–water partition coefficient (Wildman–Crippen LogP) is 1.92. The molecule has 0 amide bonds. The number of hydrogen-bond donors (Lipinski definition) is 1. The van der Waals surface area contributed by atoms with E-state index in [1.165, 1.54) is 6.07 Å². The lowest BCUT2D eigenvalue weighted by Crippen LogP contribution is -2.21. The van der Waals surface area contributed by atoms with Crippen LogP contribution in [0.4, 0.5) is 18.9 Å². The Hall–Kier alpha value is -1.72. The van der Waals surface area contributed by atoms with E-state index in [1.54, 1.807) is 18.2 Å². The summed E-state index contributed by atoms with van der Waals surface area (Å²) in [7, 11) is 0. The van der Waals surface area contributed by atoms with Gasteiger partial charge in [-0.3, -0.25) is 4.79 Å². The molecule has 0 bridgehead atoms. The largest absolute Gasteiger partial charge is 0.456 e. The number of rotatable bonds is 3. The number of anilines is 1. The average Bonchev–Trinajstić information content (AvgIpc) is 2.14. The number of esters is 1. The maximum absolute atomic E-state index is 11.7. The molecule has 0 spiro atoms. The van der Waals surface area contributed by atoms with Gasteiger partial charge < -0.3 is 10.5 Å². The van der Waals surface area contributed by atoms with E-state index in [2.05, 4.69) is 4.74 Å². The van der Waals surface area contributed by atoms with Crippen LogP contribution in [0.15, 0.2) is 24.3 Å². The Labute approximate surface area is 90.0 Å². The molecule has 6 heteroatoms. The smallest absolute Gasteiger partial charge is 0.422 e. The minimum Gasteiger partial charge on any atom is -0.456 e.